The summed E-state index contributed by atoms with van der Waals surface area (Å²) in [5, 5.41) is 5.57. The molecule has 0 aliphatic rings. The summed E-state index contributed by atoms with van der Waals surface area (Å²) < 4.78 is 5.63. The van der Waals surface area contributed by atoms with Gasteiger partial charge in [-0.2, -0.15) is 0 Å². The summed E-state index contributed by atoms with van der Waals surface area (Å²) in [6.45, 7) is 6.23. The number of thiophene rings is 1. The van der Waals surface area contributed by atoms with E-state index in [1.165, 1.54) is 16.0 Å². The van der Waals surface area contributed by atoms with Crippen LogP contribution in [0.4, 0.5) is 0 Å². The fourth-order valence-electron chi connectivity index (χ4n) is 2.26. The first-order chi connectivity index (χ1) is 8.17. The number of hydrogen-bond acceptors (Lipinski definition) is 3. The zero-order valence-corrected chi connectivity index (χ0v) is 11.6. The highest BCUT2D eigenvalue weighted by Crippen LogP contribution is 2.32. The largest absolute Gasteiger partial charge is 0.466 e. The van der Waals surface area contributed by atoms with Crippen molar-refractivity contribution in [3.05, 3.63) is 45.0 Å². The van der Waals surface area contributed by atoms with Crippen molar-refractivity contribution in [3.8, 4) is 0 Å². The lowest BCUT2D eigenvalue weighted by Gasteiger charge is -2.15. The molecule has 1 N–H and O–H groups in total. The third-order valence-corrected chi connectivity index (χ3v) is 4.13. The van der Waals surface area contributed by atoms with E-state index in [0.29, 0.717) is 0 Å². The summed E-state index contributed by atoms with van der Waals surface area (Å²) >= 11 is 1.82. The lowest BCUT2D eigenvalue weighted by Crippen LogP contribution is -2.17. The number of nitrogens with one attached hydrogen (secondary N) is 1. The van der Waals surface area contributed by atoms with Gasteiger partial charge in [0.2, 0.25) is 0 Å². The summed E-state index contributed by atoms with van der Waals surface area (Å²) in [6, 6.07) is 4.60. The van der Waals surface area contributed by atoms with E-state index in [-0.39, 0.29) is 6.04 Å². The zero-order chi connectivity index (χ0) is 12.4. The Labute approximate surface area is 107 Å². The minimum absolute atomic E-state index is 0.252. The van der Waals surface area contributed by atoms with E-state index in [2.05, 4.69) is 29.8 Å². The van der Waals surface area contributed by atoms with Crippen molar-refractivity contribution in [2.75, 3.05) is 7.05 Å². The lowest BCUT2D eigenvalue weighted by atomic mass is 10.0. The van der Waals surface area contributed by atoms with Gasteiger partial charge in [0, 0.05) is 10.4 Å². The Kier molecular flexibility index (Phi) is 3.69. The minimum atomic E-state index is 0.252. The van der Waals surface area contributed by atoms with Crippen molar-refractivity contribution in [1.29, 1.82) is 0 Å². The van der Waals surface area contributed by atoms with E-state index >= 15 is 0 Å². The maximum absolute atomic E-state index is 5.63. The van der Waals surface area contributed by atoms with Crippen LogP contribution in [0.1, 0.15) is 40.5 Å². The van der Waals surface area contributed by atoms with Crippen LogP contribution in [0.2, 0.25) is 0 Å². The highest BCUT2D eigenvalue weighted by atomic mass is 32.1. The Bertz CT molecular complexity index is 498. The first-order valence-electron chi connectivity index (χ1n) is 5.97. The molecule has 2 heterocycles. The van der Waals surface area contributed by atoms with Gasteiger partial charge >= 0.3 is 0 Å². The second kappa shape index (κ2) is 5.07. The first kappa shape index (κ1) is 12.4. The van der Waals surface area contributed by atoms with Gasteiger partial charge in [0.25, 0.3) is 0 Å². The fraction of sp³-hybridized carbons (Fsp3) is 0.429. The molecular weight excluding hydrogens is 230 g/mol. The second-order valence-electron chi connectivity index (χ2n) is 4.25. The van der Waals surface area contributed by atoms with Crippen LogP contribution < -0.4 is 5.32 Å². The molecule has 92 valence electrons. The SMILES string of the molecule is CCc1ccsc1C(NC)c1cc(C)oc1C. The maximum atomic E-state index is 5.63. The standard InChI is InChI=1S/C14H19NOS/c1-5-11-6-7-17-14(11)13(15-4)12-8-9(2)16-10(12)3/h6-8,13,15H,5H2,1-4H3. The van der Waals surface area contributed by atoms with Gasteiger partial charge in [-0.05, 0) is 50.4 Å². The van der Waals surface area contributed by atoms with Crippen LogP contribution in [0.15, 0.2) is 21.9 Å². The van der Waals surface area contributed by atoms with Crippen LogP contribution in [-0.2, 0) is 6.42 Å². The number of rotatable bonds is 4. The van der Waals surface area contributed by atoms with Crippen molar-refractivity contribution in [2.24, 2.45) is 0 Å². The minimum Gasteiger partial charge on any atom is -0.466 e. The maximum Gasteiger partial charge on any atom is 0.106 e. The third kappa shape index (κ3) is 2.31. The van der Waals surface area contributed by atoms with Gasteiger partial charge in [0.05, 0.1) is 6.04 Å². The Morgan fingerprint density at radius 2 is 2.18 bits per heavy atom. The van der Waals surface area contributed by atoms with Crippen molar-refractivity contribution in [3.63, 3.8) is 0 Å². The van der Waals surface area contributed by atoms with E-state index < -0.39 is 0 Å². The van der Waals surface area contributed by atoms with Gasteiger partial charge < -0.3 is 9.73 Å². The molecule has 1 unspecified atom stereocenters. The summed E-state index contributed by atoms with van der Waals surface area (Å²) in [5.41, 5.74) is 2.68. The quantitative estimate of drug-likeness (QED) is 0.891. The number of hydrogen-bond donors (Lipinski definition) is 1. The van der Waals surface area contributed by atoms with Gasteiger partial charge in [0.15, 0.2) is 0 Å². The normalized spacial score (nSPS) is 12.9. The van der Waals surface area contributed by atoms with E-state index in [0.717, 1.165) is 17.9 Å². The molecule has 0 fully saturated rings. The smallest absolute Gasteiger partial charge is 0.106 e. The van der Waals surface area contributed by atoms with Gasteiger partial charge in [0.1, 0.15) is 11.5 Å². The molecule has 2 aromatic heterocycles. The first-order valence-corrected chi connectivity index (χ1v) is 6.85. The molecule has 0 amide bonds. The molecular formula is C14H19NOS. The van der Waals surface area contributed by atoms with Crippen molar-refractivity contribution >= 4 is 11.3 Å². The Balaban J connectivity index is 2.43. The molecule has 3 heteroatoms. The Hall–Kier alpha value is -1.06. The van der Waals surface area contributed by atoms with Crippen LogP contribution in [0.5, 0.6) is 0 Å². The zero-order valence-electron chi connectivity index (χ0n) is 10.8. The van der Waals surface area contributed by atoms with Crippen LogP contribution in [0, 0.1) is 13.8 Å². The molecule has 2 nitrogen and oxygen atoms in total. The predicted octanol–water partition coefficient (Wildman–Crippen LogP) is 3.83. The van der Waals surface area contributed by atoms with Crippen LogP contribution in [-0.4, -0.2) is 7.05 Å². The van der Waals surface area contributed by atoms with E-state index in [1.54, 1.807) is 0 Å². The predicted molar refractivity (Wildman–Crippen MR) is 72.8 cm³/mol. The molecule has 2 rings (SSSR count). The Morgan fingerprint density at radius 1 is 1.41 bits per heavy atom. The van der Waals surface area contributed by atoms with Crippen molar-refractivity contribution in [1.82, 2.24) is 5.32 Å². The summed E-state index contributed by atoms with van der Waals surface area (Å²) in [5.74, 6) is 1.99. The molecule has 0 aliphatic heterocycles. The average Bonchev–Trinajstić information content (AvgIpc) is 2.88. The second-order valence-corrected chi connectivity index (χ2v) is 5.20. The lowest BCUT2D eigenvalue weighted by molar-refractivity contribution is 0.497. The Morgan fingerprint density at radius 3 is 2.71 bits per heavy atom. The fourth-order valence-corrected chi connectivity index (χ4v) is 3.38. The van der Waals surface area contributed by atoms with Crippen LogP contribution in [0.3, 0.4) is 0 Å². The summed E-state index contributed by atoms with van der Waals surface area (Å²) in [6.07, 6.45) is 1.08. The van der Waals surface area contributed by atoms with E-state index in [4.69, 9.17) is 4.42 Å². The van der Waals surface area contributed by atoms with E-state index in [9.17, 15) is 0 Å². The number of aryl methyl sites for hydroxylation is 3. The van der Waals surface area contributed by atoms with Crippen molar-refractivity contribution in [2.45, 2.75) is 33.2 Å². The van der Waals surface area contributed by atoms with Crippen LogP contribution in [0.25, 0.3) is 0 Å². The molecule has 1 atom stereocenters. The molecule has 0 radical (unpaired) electrons. The monoisotopic (exact) mass is 249 g/mol. The van der Waals surface area contributed by atoms with E-state index in [1.807, 2.05) is 32.2 Å². The molecule has 17 heavy (non-hydrogen) atoms. The average molecular weight is 249 g/mol. The topological polar surface area (TPSA) is 25.2 Å². The molecule has 0 spiro atoms. The third-order valence-electron chi connectivity index (χ3n) is 3.10. The van der Waals surface area contributed by atoms with Crippen LogP contribution >= 0.6 is 11.3 Å². The molecule has 0 bridgehead atoms. The van der Waals surface area contributed by atoms with Gasteiger partial charge in [-0.15, -0.1) is 11.3 Å². The molecule has 0 saturated heterocycles. The molecule has 0 saturated carbocycles. The van der Waals surface area contributed by atoms with Gasteiger partial charge in [-0.25, -0.2) is 0 Å². The molecule has 2 aromatic rings. The molecule has 0 aliphatic carbocycles. The highest BCUT2D eigenvalue weighted by Gasteiger charge is 2.20. The van der Waals surface area contributed by atoms with Crippen molar-refractivity contribution < 1.29 is 4.42 Å². The summed E-state index contributed by atoms with van der Waals surface area (Å²) in [4.78, 5) is 1.40. The van der Waals surface area contributed by atoms with Gasteiger partial charge in [-0.3, -0.25) is 0 Å². The van der Waals surface area contributed by atoms with Gasteiger partial charge in [-0.1, -0.05) is 6.92 Å². The summed E-state index contributed by atoms with van der Waals surface area (Å²) in [7, 11) is 2.01. The molecule has 0 aromatic carbocycles. The highest BCUT2D eigenvalue weighted by molar-refractivity contribution is 7.10. The number of furan rings is 1.